The lowest BCUT2D eigenvalue weighted by atomic mass is 10.1. The van der Waals surface area contributed by atoms with Gasteiger partial charge in [0, 0.05) is 0 Å². The highest BCUT2D eigenvalue weighted by Gasteiger charge is 2.56. The molecule has 2 N–H and O–H groups in total. The molecule has 1 fully saturated rings. The van der Waals surface area contributed by atoms with Crippen molar-refractivity contribution in [1.82, 2.24) is 0 Å². The van der Waals surface area contributed by atoms with Gasteiger partial charge in [0.1, 0.15) is 6.10 Å². The molecule has 0 aromatic heterocycles. The number of aliphatic hydroxyl groups excluding tert-OH is 2. The number of ether oxygens (including phenoxy) is 1. The van der Waals surface area contributed by atoms with Gasteiger partial charge in [0.2, 0.25) is 0 Å². The number of hydrogen-bond acceptors (Lipinski definition) is 4. The van der Waals surface area contributed by atoms with Gasteiger partial charge in [-0.15, -0.1) is 0 Å². The fraction of sp³-hybridized carbons (Fsp3) is 0.417. The molecule has 1 aromatic carbocycles. The molecule has 4 nitrogen and oxygen atoms in total. The van der Waals surface area contributed by atoms with Crippen LogP contribution in [0.4, 0.5) is 0 Å². The van der Waals surface area contributed by atoms with E-state index in [-0.39, 0.29) is 19.3 Å². The SMILES string of the molecule is O=C(OC1CC1(CO)CO)c1ccccc1. The van der Waals surface area contributed by atoms with Gasteiger partial charge in [0.15, 0.2) is 0 Å². The summed E-state index contributed by atoms with van der Waals surface area (Å²) in [4.78, 5) is 11.6. The molecule has 2 rings (SSSR count). The van der Waals surface area contributed by atoms with E-state index in [1.807, 2.05) is 6.07 Å². The molecular formula is C12H14O4. The third kappa shape index (κ3) is 1.94. The molecule has 1 aromatic rings. The second-order valence-corrected chi connectivity index (χ2v) is 4.14. The van der Waals surface area contributed by atoms with Crippen LogP contribution in [-0.4, -0.2) is 35.5 Å². The average molecular weight is 222 g/mol. The number of carbonyl (C=O) groups is 1. The predicted molar refractivity (Wildman–Crippen MR) is 56.9 cm³/mol. The monoisotopic (exact) mass is 222 g/mol. The summed E-state index contributed by atoms with van der Waals surface area (Å²) in [5.74, 6) is -0.408. The molecule has 16 heavy (non-hydrogen) atoms. The normalized spacial score (nSPS) is 21.5. The van der Waals surface area contributed by atoms with Gasteiger partial charge in [-0.2, -0.15) is 0 Å². The highest BCUT2D eigenvalue weighted by molar-refractivity contribution is 5.89. The first-order valence-electron chi connectivity index (χ1n) is 5.19. The van der Waals surface area contributed by atoms with Gasteiger partial charge >= 0.3 is 5.97 Å². The highest BCUT2D eigenvalue weighted by Crippen LogP contribution is 2.47. The summed E-state index contributed by atoms with van der Waals surface area (Å²) in [7, 11) is 0. The Labute approximate surface area is 93.5 Å². The zero-order chi connectivity index (χ0) is 11.6. The lowest BCUT2D eigenvalue weighted by Crippen LogP contribution is -2.20. The molecule has 0 spiro atoms. The Morgan fingerprint density at radius 1 is 1.31 bits per heavy atom. The number of aliphatic hydroxyl groups is 2. The van der Waals surface area contributed by atoms with Crippen molar-refractivity contribution in [1.29, 1.82) is 0 Å². The standard InChI is InChI=1S/C12H14O4/c13-7-12(8-14)6-10(12)16-11(15)9-4-2-1-3-5-9/h1-5,10,13-14H,6-8H2. The lowest BCUT2D eigenvalue weighted by Gasteiger charge is -2.10. The van der Waals surface area contributed by atoms with Gasteiger partial charge < -0.3 is 14.9 Å². The molecule has 0 aliphatic heterocycles. The molecule has 0 bridgehead atoms. The van der Waals surface area contributed by atoms with Gasteiger partial charge in [-0.3, -0.25) is 0 Å². The van der Waals surface area contributed by atoms with Gasteiger partial charge in [0.25, 0.3) is 0 Å². The van der Waals surface area contributed by atoms with E-state index >= 15 is 0 Å². The Balaban J connectivity index is 1.96. The Morgan fingerprint density at radius 3 is 2.44 bits per heavy atom. The largest absolute Gasteiger partial charge is 0.458 e. The minimum atomic E-state index is -0.621. The van der Waals surface area contributed by atoms with E-state index in [0.717, 1.165) is 0 Å². The van der Waals surface area contributed by atoms with Gasteiger partial charge in [-0.05, 0) is 18.6 Å². The first-order chi connectivity index (χ1) is 7.72. The number of carbonyl (C=O) groups excluding carboxylic acids is 1. The van der Waals surface area contributed by atoms with Crippen molar-refractivity contribution < 1.29 is 19.7 Å². The minimum absolute atomic E-state index is 0.157. The van der Waals surface area contributed by atoms with E-state index in [0.29, 0.717) is 12.0 Å². The summed E-state index contributed by atoms with van der Waals surface area (Å²) in [5, 5.41) is 18.1. The lowest BCUT2D eigenvalue weighted by molar-refractivity contribution is 0.0291. The van der Waals surface area contributed by atoms with Gasteiger partial charge in [-0.1, -0.05) is 18.2 Å². The fourth-order valence-corrected chi connectivity index (χ4v) is 1.63. The van der Waals surface area contributed by atoms with Crippen molar-refractivity contribution in [3.05, 3.63) is 35.9 Å². The van der Waals surface area contributed by atoms with Crippen LogP contribution in [0.3, 0.4) is 0 Å². The molecule has 0 amide bonds. The number of esters is 1. The number of hydrogen-bond donors (Lipinski definition) is 2. The summed E-state index contributed by atoms with van der Waals surface area (Å²) >= 11 is 0. The first-order valence-corrected chi connectivity index (χ1v) is 5.19. The first kappa shape index (κ1) is 11.1. The van der Waals surface area contributed by atoms with Crippen molar-refractivity contribution in [2.75, 3.05) is 13.2 Å². The van der Waals surface area contributed by atoms with E-state index in [4.69, 9.17) is 14.9 Å². The fourth-order valence-electron chi connectivity index (χ4n) is 1.63. The smallest absolute Gasteiger partial charge is 0.338 e. The van der Waals surface area contributed by atoms with Crippen LogP contribution in [0.25, 0.3) is 0 Å². The summed E-state index contributed by atoms with van der Waals surface area (Å²) in [6, 6.07) is 8.68. The van der Waals surface area contributed by atoms with Crippen LogP contribution in [0.5, 0.6) is 0 Å². The second-order valence-electron chi connectivity index (χ2n) is 4.14. The molecule has 4 heteroatoms. The maximum absolute atomic E-state index is 11.6. The van der Waals surface area contributed by atoms with Crippen molar-refractivity contribution >= 4 is 5.97 Å². The van der Waals surface area contributed by atoms with Crippen LogP contribution in [0.1, 0.15) is 16.8 Å². The molecule has 0 heterocycles. The predicted octanol–water partition coefficient (Wildman–Crippen LogP) is 0.587. The van der Waals surface area contributed by atoms with E-state index in [9.17, 15) is 4.79 Å². The molecule has 1 unspecified atom stereocenters. The van der Waals surface area contributed by atoms with Gasteiger partial charge in [-0.25, -0.2) is 4.79 Å². The topological polar surface area (TPSA) is 66.8 Å². The van der Waals surface area contributed by atoms with Crippen LogP contribution in [0.2, 0.25) is 0 Å². The maximum atomic E-state index is 11.6. The van der Waals surface area contributed by atoms with Crippen molar-refractivity contribution in [3.63, 3.8) is 0 Å². The molecule has 1 aliphatic carbocycles. The molecular weight excluding hydrogens is 208 g/mol. The molecule has 1 aliphatic rings. The third-order valence-electron chi connectivity index (χ3n) is 3.00. The summed E-state index contributed by atoms with van der Waals surface area (Å²) in [5.41, 5.74) is -0.135. The van der Waals surface area contributed by atoms with Crippen LogP contribution in [0.15, 0.2) is 30.3 Å². The molecule has 1 saturated carbocycles. The maximum Gasteiger partial charge on any atom is 0.338 e. The molecule has 0 radical (unpaired) electrons. The molecule has 0 saturated heterocycles. The zero-order valence-electron chi connectivity index (χ0n) is 8.80. The van der Waals surface area contributed by atoms with Crippen molar-refractivity contribution in [2.45, 2.75) is 12.5 Å². The third-order valence-corrected chi connectivity index (χ3v) is 3.00. The zero-order valence-corrected chi connectivity index (χ0v) is 8.80. The minimum Gasteiger partial charge on any atom is -0.458 e. The van der Waals surface area contributed by atoms with Crippen molar-refractivity contribution in [3.8, 4) is 0 Å². The number of rotatable bonds is 4. The summed E-state index contributed by atoms with van der Waals surface area (Å²) < 4.78 is 5.19. The van der Waals surface area contributed by atoms with Crippen molar-refractivity contribution in [2.24, 2.45) is 5.41 Å². The van der Waals surface area contributed by atoms with E-state index in [1.165, 1.54) is 0 Å². The Morgan fingerprint density at radius 2 is 1.94 bits per heavy atom. The van der Waals surface area contributed by atoms with E-state index in [1.54, 1.807) is 24.3 Å². The summed E-state index contributed by atoms with van der Waals surface area (Å²) in [6.07, 6.45) is 0.161. The van der Waals surface area contributed by atoms with Crippen LogP contribution < -0.4 is 0 Å². The second kappa shape index (κ2) is 4.23. The van der Waals surface area contributed by atoms with E-state index in [2.05, 4.69) is 0 Å². The summed E-state index contributed by atoms with van der Waals surface area (Å²) in [6.45, 7) is -0.313. The highest BCUT2D eigenvalue weighted by atomic mass is 16.6. The van der Waals surface area contributed by atoms with Gasteiger partial charge in [0.05, 0.1) is 24.2 Å². The Bertz CT molecular complexity index is 370. The molecule has 1 atom stereocenters. The Hall–Kier alpha value is -1.39. The van der Waals surface area contributed by atoms with E-state index < -0.39 is 11.4 Å². The molecule has 86 valence electrons. The van der Waals surface area contributed by atoms with Crippen LogP contribution in [-0.2, 0) is 4.74 Å². The quantitative estimate of drug-likeness (QED) is 0.731. The van der Waals surface area contributed by atoms with Crippen LogP contribution in [0, 0.1) is 5.41 Å². The Kier molecular flexibility index (Phi) is 2.94. The average Bonchev–Trinajstić information content (AvgIpc) is 3.04. The number of benzene rings is 1. The van der Waals surface area contributed by atoms with Crippen LogP contribution >= 0.6 is 0 Å².